The predicted octanol–water partition coefficient (Wildman–Crippen LogP) is 5.05. The van der Waals surface area contributed by atoms with Crippen LogP contribution >= 0.6 is 15.9 Å². The third-order valence-corrected chi connectivity index (χ3v) is 3.85. The molecule has 1 N–H and O–H groups in total. The van der Waals surface area contributed by atoms with Crippen LogP contribution in [0.2, 0.25) is 0 Å². The molecule has 3 rings (SSSR count). The maximum absolute atomic E-state index is 12.0. The summed E-state index contributed by atoms with van der Waals surface area (Å²) in [5, 5.41) is 4.60. The average Bonchev–Trinajstić information content (AvgIpc) is 2.53. The zero-order chi connectivity index (χ0) is 16.2. The van der Waals surface area contributed by atoms with Crippen LogP contribution in [0, 0.1) is 6.92 Å². The van der Waals surface area contributed by atoms with E-state index < -0.39 is 6.09 Å². The molecule has 0 radical (unpaired) electrons. The van der Waals surface area contributed by atoms with Crippen LogP contribution < -0.4 is 5.32 Å². The summed E-state index contributed by atoms with van der Waals surface area (Å²) >= 11 is 3.45. The van der Waals surface area contributed by atoms with Gasteiger partial charge in [-0.1, -0.05) is 46.3 Å². The number of ether oxygens (including phenoxy) is 1. The minimum absolute atomic E-state index is 0.224. The van der Waals surface area contributed by atoms with E-state index in [-0.39, 0.29) is 6.61 Å². The van der Waals surface area contributed by atoms with E-state index in [0.29, 0.717) is 5.82 Å². The molecule has 0 saturated heterocycles. The van der Waals surface area contributed by atoms with Crippen molar-refractivity contribution in [3.63, 3.8) is 0 Å². The molecule has 0 saturated carbocycles. The number of carbonyl (C=O) groups excluding carboxylic acids is 1. The van der Waals surface area contributed by atoms with Gasteiger partial charge in [-0.15, -0.1) is 0 Å². The standard InChI is InChI=1S/C18H15BrN2O2/c1-12-9-14-10-15(19)7-8-16(14)17(20-12)21-18(22)23-11-13-5-3-2-4-6-13/h2-10H,11H2,1H3,(H,20,21,22). The molecule has 0 unspecified atom stereocenters. The zero-order valence-electron chi connectivity index (χ0n) is 12.5. The van der Waals surface area contributed by atoms with Crippen LogP contribution in [0.4, 0.5) is 10.6 Å². The molecule has 5 heteroatoms. The normalized spacial score (nSPS) is 10.5. The Morgan fingerprint density at radius 3 is 2.74 bits per heavy atom. The lowest BCUT2D eigenvalue weighted by Gasteiger charge is -2.10. The van der Waals surface area contributed by atoms with Crippen LogP contribution in [0.5, 0.6) is 0 Å². The van der Waals surface area contributed by atoms with E-state index in [1.54, 1.807) is 0 Å². The molecular formula is C18H15BrN2O2. The Morgan fingerprint density at radius 1 is 1.17 bits per heavy atom. The van der Waals surface area contributed by atoms with Crippen molar-refractivity contribution in [3.8, 4) is 0 Å². The summed E-state index contributed by atoms with van der Waals surface area (Å²) in [5.41, 5.74) is 1.77. The highest BCUT2D eigenvalue weighted by Crippen LogP contribution is 2.26. The SMILES string of the molecule is Cc1cc2cc(Br)ccc2c(NC(=O)OCc2ccccc2)n1. The molecule has 0 aliphatic heterocycles. The molecule has 0 fully saturated rings. The molecule has 3 aromatic rings. The summed E-state index contributed by atoms with van der Waals surface area (Å²) in [6, 6.07) is 17.3. The monoisotopic (exact) mass is 370 g/mol. The van der Waals surface area contributed by atoms with Crippen molar-refractivity contribution >= 4 is 38.6 Å². The number of halogens is 1. The van der Waals surface area contributed by atoms with Crippen LogP contribution in [0.25, 0.3) is 10.8 Å². The Hall–Kier alpha value is -2.40. The molecule has 1 amide bonds. The van der Waals surface area contributed by atoms with Crippen molar-refractivity contribution in [2.75, 3.05) is 5.32 Å². The highest BCUT2D eigenvalue weighted by Gasteiger charge is 2.10. The number of carbonyl (C=O) groups is 1. The van der Waals surface area contributed by atoms with E-state index in [1.807, 2.05) is 61.5 Å². The summed E-state index contributed by atoms with van der Waals surface area (Å²) in [4.78, 5) is 16.4. The Labute approximate surface area is 142 Å². The largest absolute Gasteiger partial charge is 0.444 e. The number of aryl methyl sites for hydroxylation is 1. The number of hydrogen-bond donors (Lipinski definition) is 1. The fraction of sp³-hybridized carbons (Fsp3) is 0.111. The van der Waals surface area contributed by atoms with Gasteiger partial charge in [-0.25, -0.2) is 9.78 Å². The van der Waals surface area contributed by atoms with Crippen LogP contribution in [0.3, 0.4) is 0 Å². The molecule has 0 atom stereocenters. The lowest BCUT2D eigenvalue weighted by atomic mass is 10.1. The van der Waals surface area contributed by atoms with Gasteiger partial charge in [0.25, 0.3) is 0 Å². The van der Waals surface area contributed by atoms with Crippen molar-refractivity contribution in [2.24, 2.45) is 0 Å². The fourth-order valence-electron chi connectivity index (χ4n) is 2.31. The molecule has 0 spiro atoms. The van der Waals surface area contributed by atoms with Gasteiger partial charge in [-0.3, -0.25) is 5.32 Å². The second-order valence-electron chi connectivity index (χ2n) is 5.16. The van der Waals surface area contributed by atoms with Gasteiger partial charge in [-0.05, 0) is 42.1 Å². The molecule has 0 aliphatic rings. The summed E-state index contributed by atoms with van der Waals surface area (Å²) < 4.78 is 6.23. The van der Waals surface area contributed by atoms with Gasteiger partial charge >= 0.3 is 6.09 Å². The molecule has 2 aromatic carbocycles. The smallest absolute Gasteiger partial charge is 0.413 e. The van der Waals surface area contributed by atoms with Gasteiger partial charge in [0.05, 0.1) is 0 Å². The van der Waals surface area contributed by atoms with E-state index in [0.717, 1.165) is 26.5 Å². The Balaban J connectivity index is 1.77. The Morgan fingerprint density at radius 2 is 1.96 bits per heavy atom. The number of rotatable bonds is 3. The van der Waals surface area contributed by atoms with E-state index >= 15 is 0 Å². The zero-order valence-corrected chi connectivity index (χ0v) is 14.1. The molecular weight excluding hydrogens is 356 g/mol. The Kier molecular flexibility index (Phi) is 4.57. The summed E-state index contributed by atoms with van der Waals surface area (Å²) in [7, 11) is 0. The molecule has 1 aromatic heterocycles. The van der Waals surface area contributed by atoms with Crippen LogP contribution in [0.15, 0.2) is 59.1 Å². The van der Waals surface area contributed by atoms with Gasteiger partial charge in [0.1, 0.15) is 12.4 Å². The summed E-state index contributed by atoms with van der Waals surface area (Å²) in [5.74, 6) is 0.505. The van der Waals surface area contributed by atoms with Crippen LogP contribution in [0.1, 0.15) is 11.3 Å². The minimum atomic E-state index is -0.517. The average molecular weight is 371 g/mol. The van der Waals surface area contributed by atoms with Gasteiger partial charge in [0.2, 0.25) is 0 Å². The van der Waals surface area contributed by atoms with E-state index in [2.05, 4.69) is 26.2 Å². The third kappa shape index (κ3) is 3.87. The summed E-state index contributed by atoms with van der Waals surface area (Å²) in [6.07, 6.45) is -0.517. The number of amides is 1. The first kappa shape index (κ1) is 15.5. The number of nitrogens with one attached hydrogen (secondary N) is 1. The van der Waals surface area contributed by atoms with Crippen molar-refractivity contribution in [2.45, 2.75) is 13.5 Å². The van der Waals surface area contributed by atoms with Gasteiger partial charge in [0, 0.05) is 15.6 Å². The quantitative estimate of drug-likeness (QED) is 0.701. The summed E-state index contributed by atoms with van der Waals surface area (Å²) in [6.45, 7) is 2.11. The number of pyridine rings is 1. The minimum Gasteiger partial charge on any atom is -0.444 e. The topological polar surface area (TPSA) is 51.2 Å². The number of fused-ring (bicyclic) bond motifs is 1. The van der Waals surface area contributed by atoms with Gasteiger partial charge in [-0.2, -0.15) is 0 Å². The van der Waals surface area contributed by atoms with E-state index in [4.69, 9.17) is 4.74 Å². The van der Waals surface area contributed by atoms with E-state index in [9.17, 15) is 4.79 Å². The molecule has 23 heavy (non-hydrogen) atoms. The molecule has 116 valence electrons. The molecule has 0 bridgehead atoms. The van der Waals surface area contributed by atoms with Crippen molar-refractivity contribution in [3.05, 3.63) is 70.3 Å². The highest BCUT2D eigenvalue weighted by atomic mass is 79.9. The van der Waals surface area contributed by atoms with Gasteiger partial charge in [0.15, 0.2) is 0 Å². The van der Waals surface area contributed by atoms with Crippen LogP contribution in [-0.2, 0) is 11.3 Å². The fourth-order valence-corrected chi connectivity index (χ4v) is 2.69. The molecule has 1 heterocycles. The first-order valence-corrected chi connectivity index (χ1v) is 7.96. The van der Waals surface area contributed by atoms with Crippen molar-refractivity contribution in [1.29, 1.82) is 0 Å². The maximum Gasteiger partial charge on any atom is 0.413 e. The first-order valence-electron chi connectivity index (χ1n) is 7.16. The molecule has 4 nitrogen and oxygen atoms in total. The predicted molar refractivity (Wildman–Crippen MR) is 94.4 cm³/mol. The Bertz CT molecular complexity index is 845. The first-order chi connectivity index (χ1) is 11.1. The van der Waals surface area contributed by atoms with Crippen molar-refractivity contribution < 1.29 is 9.53 Å². The van der Waals surface area contributed by atoms with Crippen LogP contribution in [-0.4, -0.2) is 11.1 Å². The number of hydrogen-bond acceptors (Lipinski definition) is 3. The maximum atomic E-state index is 12.0. The second-order valence-corrected chi connectivity index (χ2v) is 6.08. The number of benzene rings is 2. The third-order valence-electron chi connectivity index (χ3n) is 3.35. The number of nitrogens with zero attached hydrogens (tertiary/aromatic N) is 1. The van der Waals surface area contributed by atoms with E-state index in [1.165, 1.54) is 0 Å². The molecule has 0 aliphatic carbocycles. The number of anilines is 1. The lowest BCUT2D eigenvalue weighted by molar-refractivity contribution is 0.155. The highest BCUT2D eigenvalue weighted by molar-refractivity contribution is 9.10. The lowest BCUT2D eigenvalue weighted by Crippen LogP contribution is -2.15. The van der Waals surface area contributed by atoms with Gasteiger partial charge < -0.3 is 4.74 Å². The van der Waals surface area contributed by atoms with Crippen molar-refractivity contribution in [1.82, 2.24) is 4.98 Å². The number of aromatic nitrogens is 1. The second kappa shape index (κ2) is 6.79.